The summed E-state index contributed by atoms with van der Waals surface area (Å²) >= 11 is 1.07. The molecule has 1 N–H and O–H groups in total. The van der Waals surface area contributed by atoms with Gasteiger partial charge in [0.25, 0.3) is 11.5 Å². The van der Waals surface area contributed by atoms with Crippen LogP contribution < -0.4 is 20.1 Å². The fourth-order valence-corrected chi connectivity index (χ4v) is 3.20. The monoisotopic (exact) mass is 355 g/mol. The highest BCUT2D eigenvalue weighted by Crippen LogP contribution is 2.06. The zero-order chi connectivity index (χ0) is 18.4. The molecule has 2 heterocycles. The number of thiazole rings is 1. The molecule has 0 aliphatic heterocycles. The third-order valence-electron chi connectivity index (χ3n) is 3.21. The van der Waals surface area contributed by atoms with E-state index in [0.29, 0.717) is 10.3 Å². The van der Waals surface area contributed by atoms with Crippen molar-refractivity contribution in [3.8, 4) is 6.07 Å². The van der Waals surface area contributed by atoms with Gasteiger partial charge >= 0.3 is 0 Å². The minimum absolute atomic E-state index is 0.124. The number of carbonyl (C=O) groups excluding carboxylic acids is 1. The van der Waals surface area contributed by atoms with Crippen LogP contribution in [0.4, 0.5) is 0 Å². The van der Waals surface area contributed by atoms with Crippen molar-refractivity contribution in [2.45, 2.75) is 13.5 Å². The molecule has 0 atom stereocenters. The molecule has 0 aliphatic carbocycles. The fraction of sp³-hybridized carbons (Fsp3) is 0.167. The molecule has 0 saturated heterocycles. The number of allylic oxidation sites excluding steroid dienone is 1. The van der Waals surface area contributed by atoms with E-state index < -0.39 is 5.91 Å². The molecule has 7 heteroatoms. The summed E-state index contributed by atoms with van der Waals surface area (Å²) < 4.78 is 7.46. The highest BCUT2D eigenvalue weighted by atomic mass is 32.1. The van der Waals surface area contributed by atoms with Gasteiger partial charge in [-0.3, -0.25) is 14.2 Å². The smallest absolute Gasteiger partial charge is 0.269 e. The van der Waals surface area contributed by atoms with Gasteiger partial charge in [-0.15, -0.1) is 24.5 Å². The molecule has 25 heavy (non-hydrogen) atoms. The van der Waals surface area contributed by atoms with Gasteiger partial charge in [0.05, 0.1) is 4.53 Å². The number of hydrogen-bond donors (Lipinski definition) is 1. The summed E-state index contributed by atoms with van der Waals surface area (Å²) in [6, 6.07) is 5.42. The van der Waals surface area contributed by atoms with Gasteiger partial charge in [-0.1, -0.05) is 12.2 Å². The summed E-state index contributed by atoms with van der Waals surface area (Å²) in [7, 11) is 0. The second-order valence-electron chi connectivity index (χ2n) is 5.05. The largest absolute Gasteiger partial charge is 0.462 e. The molecular weight excluding hydrogens is 338 g/mol. The van der Waals surface area contributed by atoms with Gasteiger partial charge in [0, 0.05) is 19.2 Å². The second kappa shape index (κ2) is 8.13. The van der Waals surface area contributed by atoms with E-state index in [0.717, 1.165) is 17.1 Å². The quantitative estimate of drug-likeness (QED) is 0.777. The van der Waals surface area contributed by atoms with E-state index in [1.54, 1.807) is 25.1 Å². The lowest BCUT2D eigenvalue weighted by Gasteiger charge is -2.01. The Labute approximate surface area is 148 Å². The molecule has 6 nitrogen and oxygen atoms in total. The average Bonchev–Trinajstić information content (AvgIpc) is 3.13. The van der Waals surface area contributed by atoms with Crippen LogP contribution in [0.15, 0.2) is 46.7 Å². The van der Waals surface area contributed by atoms with E-state index in [-0.39, 0.29) is 28.9 Å². The standard InChI is InChI=1S/C18H17N3O3S/c1-4-8-20-16(22)14(11-19)18-21(9-5-2)17(23)15(25-18)10-13-7-6-12(3)24-13/h4-7,10H,1-2,8-9H2,3H3,(H,20,22)/b15-10-,18-14+. The van der Waals surface area contributed by atoms with Gasteiger partial charge in [0.1, 0.15) is 22.3 Å². The van der Waals surface area contributed by atoms with E-state index >= 15 is 0 Å². The Balaban J connectivity index is 2.73. The van der Waals surface area contributed by atoms with Gasteiger partial charge in [0.15, 0.2) is 5.57 Å². The molecule has 2 rings (SSSR count). The maximum Gasteiger partial charge on any atom is 0.269 e. The normalized spacial score (nSPS) is 12.4. The Morgan fingerprint density at radius 1 is 1.44 bits per heavy atom. The Morgan fingerprint density at radius 3 is 2.76 bits per heavy atom. The van der Waals surface area contributed by atoms with Gasteiger partial charge in [-0.2, -0.15) is 5.26 Å². The lowest BCUT2D eigenvalue weighted by Crippen LogP contribution is -2.34. The Morgan fingerprint density at radius 2 is 2.20 bits per heavy atom. The summed E-state index contributed by atoms with van der Waals surface area (Å²) in [5.74, 6) is 0.701. The molecule has 0 saturated carbocycles. The number of amides is 1. The van der Waals surface area contributed by atoms with Gasteiger partial charge in [0.2, 0.25) is 0 Å². The highest BCUT2D eigenvalue weighted by molar-refractivity contribution is 7.07. The summed E-state index contributed by atoms with van der Waals surface area (Å²) in [5.41, 5.74) is -0.431. The zero-order valence-electron chi connectivity index (χ0n) is 13.7. The molecule has 0 bridgehead atoms. The third-order valence-corrected chi connectivity index (χ3v) is 4.34. The first kappa shape index (κ1) is 18.2. The molecule has 1 amide bonds. The summed E-state index contributed by atoms with van der Waals surface area (Å²) in [6.07, 6.45) is 4.64. The van der Waals surface area contributed by atoms with E-state index in [4.69, 9.17) is 4.42 Å². The molecule has 0 radical (unpaired) electrons. The number of nitrogens with zero attached hydrogens (tertiary/aromatic N) is 2. The number of nitrogens with one attached hydrogen (secondary N) is 1. The van der Waals surface area contributed by atoms with Crippen molar-refractivity contribution >= 4 is 28.9 Å². The summed E-state index contributed by atoms with van der Waals surface area (Å²) in [6.45, 7) is 9.36. The first-order valence-electron chi connectivity index (χ1n) is 7.44. The first-order valence-corrected chi connectivity index (χ1v) is 8.25. The lowest BCUT2D eigenvalue weighted by atomic mass is 10.3. The molecule has 0 aliphatic rings. The van der Waals surface area contributed by atoms with Crippen molar-refractivity contribution in [2.24, 2.45) is 0 Å². The number of furan rings is 1. The predicted octanol–water partition coefficient (Wildman–Crippen LogP) is 0.802. The van der Waals surface area contributed by atoms with Crippen molar-refractivity contribution < 1.29 is 9.21 Å². The number of carbonyl (C=O) groups is 1. The fourth-order valence-electron chi connectivity index (χ4n) is 2.11. The number of nitriles is 1. The molecule has 0 aromatic carbocycles. The topological polar surface area (TPSA) is 88.0 Å². The highest BCUT2D eigenvalue weighted by Gasteiger charge is 2.15. The number of aryl methyl sites for hydroxylation is 1. The van der Waals surface area contributed by atoms with Crippen LogP contribution in [0, 0.1) is 18.3 Å². The van der Waals surface area contributed by atoms with E-state index in [2.05, 4.69) is 18.5 Å². The molecule has 2 aromatic heterocycles. The van der Waals surface area contributed by atoms with Gasteiger partial charge in [-0.25, -0.2) is 0 Å². The molecule has 128 valence electrons. The summed E-state index contributed by atoms with van der Waals surface area (Å²) in [5, 5.41) is 12.0. The van der Waals surface area contributed by atoms with Crippen LogP contribution in [0.3, 0.4) is 0 Å². The van der Waals surface area contributed by atoms with Crippen LogP contribution >= 0.6 is 11.3 Å². The molecule has 0 unspecified atom stereocenters. The SMILES string of the molecule is C=CCNC(=O)/C(C#N)=c1/s/c(=C\c2ccc(C)o2)c(=O)n1CC=C. The first-order chi connectivity index (χ1) is 12.0. The van der Waals surface area contributed by atoms with Crippen LogP contribution in [0.2, 0.25) is 0 Å². The molecule has 0 fully saturated rings. The van der Waals surface area contributed by atoms with Crippen LogP contribution in [0.1, 0.15) is 11.5 Å². The van der Waals surface area contributed by atoms with Gasteiger partial charge in [-0.05, 0) is 19.1 Å². The lowest BCUT2D eigenvalue weighted by molar-refractivity contribution is -0.115. The zero-order valence-corrected chi connectivity index (χ0v) is 14.6. The van der Waals surface area contributed by atoms with E-state index in [1.165, 1.54) is 16.7 Å². The minimum atomic E-state index is -0.554. The van der Waals surface area contributed by atoms with Crippen LogP contribution in [-0.4, -0.2) is 17.0 Å². The van der Waals surface area contributed by atoms with Crippen LogP contribution in [-0.2, 0) is 11.3 Å². The predicted molar refractivity (Wildman–Crippen MR) is 97.3 cm³/mol. The molecule has 2 aromatic rings. The van der Waals surface area contributed by atoms with Crippen molar-refractivity contribution in [2.75, 3.05) is 6.54 Å². The second-order valence-corrected chi connectivity index (χ2v) is 6.08. The van der Waals surface area contributed by atoms with E-state index in [1.807, 2.05) is 6.07 Å². The molecule has 0 spiro atoms. The Kier molecular flexibility index (Phi) is 5.93. The van der Waals surface area contributed by atoms with Crippen molar-refractivity contribution in [1.82, 2.24) is 9.88 Å². The Bertz CT molecular complexity index is 1030. The van der Waals surface area contributed by atoms with Crippen molar-refractivity contribution in [3.05, 3.63) is 68.5 Å². The maximum atomic E-state index is 12.6. The Hall–Kier alpha value is -3.11. The number of hydrogen-bond acceptors (Lipinski definition) is 5. The summed E-state index contributed by atoms with van der Waals surface area (Å²) in [4.78, 5) is 24.8. The number of rotatable bonds is 6. The van der Waals surface area contributed by atoms with Crippen molar-refractivity contribution in [3.63, 3.8) is 0 Å². The van der Waals surface area contributed by atoms with Crippen molar-refractivity contribution in [1.29, 1.82) is 5.26 Å². The minimum Gasteiger partial charge on any atom is -0.462 e. The third kappa shape index (κ3) is 4.05. The van der Waals surface area contributed by atoms with E-state index in [9.17, 15) is 14.9 Å². The molecular formula is C18H17N3O3S. The maximum absolute atomic E-state index is 12.6. The average molecular weight is 355 g/mol. The van der Waals surface area contributed by atoms with Gasteiger partial charge < -0.3 is 9.73 Å². The number of aromatic nitrogens is 1. The van der Waals surface area contributed by atoms with Crippen LogP contribution in [0.5, 0.6) is 0 Å². The van der Waals surface area contributed by atoms with Crippen LogP contribution in [0.25, 0.3) is 11.6 Å².